The van der Waals surface area contributed by atoms with Crippen LogP contribution in [0.2, 0.25) is 0 Å². The molecule has 0 bridgehead atoms. The summed E-state index contributed by atoms with van der Waals surface area (Å²) in [7, 11) is 0. The van der Waals surface area contributed by atoms with E-state index in [-0.39, 0.29) is 0 Å². The van der Waals surface area contributed by atoms with Gasteiger partial charge < -0.3 is 4.79 Å². The van der Waals surface area contributed by atoms with Crippen molar-refractivity contribution < 1.29 is 4.79 Å². The lowest BCUT2D eigenvalue weighted by molar-refractivity contribution is -0.107. The molecule has 0 aliphatic heterocycles. The van der Waals surface area contributed by atoms with Crippen molar-refractivity contribution in [3.63, 3.8) is 0 Å². The van der Waals surface area contributed by atoms with Gasteiger partial charge in [0.25, 0.3) is 0 Å². The van der Waals surface area contributed by atoms with Gasteiger partial charge in [-0.2, -0.15) is 0 Å². The molecule has 1 aromatic rings. The van der Waals surface area contributed by atoms with E-state index in [0.29, 0.717) is 6.42 Å². The van der Waals surface area contributed by atoms with Crippen LogP contribution >= 0.6 is 0 Å². The van der Waals surface area contributed by atoms with Crippen LogP contribution < -0.4 is 0 Å². The Balaban J connectivity index is 2.01. The monoisotopic (exact) mass is 188 g/mol. The number of aldehydes is 1. The standard InChI is InChI=1S/C13H16O/c14-9-2-1-4-11-7-8-12-5-3-6-13(12)10-11/h7-10H,1-6H2. The van der Waals surface area contributed by atoms with Gasteiger partial charge in [-0.1, -0.05) is 18.2 Å². The topological polar surface area (TPSA) is 17.1 Å². The largest absolute Gasteiger partial charge is 0.303 e. The van der Waals surface area contributed by atoms with Gasteiger partial charge in [0, 0.05) is 6.42 Å². The van der Waals surface area contributed by atoms with Gasteiger partial charge >= 0.3 is 0 Å². The molecule has 0 radical (unpaired) electrons. The summed E-state index contributed by atoms with van der Waals surface area (Å²) in [5.74, 6) is 0. The summed E-state index contributed by atoms with van der Waals surface area (Å²) in [6.07, 6.45) is 7.55. The molecule has 0 saturated heterocycles. The van der Waals surface area contributed by atoms with E-state index in [4.69, 9.17) is 0 Å². The third kappa shape index (κ3) is 2.03. The second kappa shape index (κ2) is 4.41. The lowest BCUT2D eigenvalue weighted by Gasteiger charge is -2.03. The van der Waals surface area contributed by atoms with Crippen LogP contribution in [0.15, 0.2) is 18.2 Å². The molecular weight excluding hydrogens is 172 g/mol. The lowest BCUT2D eigenvalue weighted by atomic mass is 10.0. The zero-order valence-electron chi connectivity index (χ0n) is 8.46. The summed E-state index contributed by atoms with van der Waals surface area (Å²) < 4.78 is 0. The number of hydrogen-bond acceptors (Lipinski definition) is 1. The van der Waals surface area contributed by atoms with Crippen LogP contribution in [0, 0.1) is 0 Å². The first-order chi connectivity index (χ1) is 6.90. The molecule has 1 aromatic carbocycles. The van der Waals surface area contributed by atoms with Crippen molar-refractivity contribution in [3.8, 4) is 0 Å². The van der Waals surface area contributed by atoms with E-state index in [0.717, 1.165) is 19.1 Å². The van der Waals surface area contributed by atoms with Crippen molar-refractivity contribution in [1.82, 2.24) is 0 Å². The highest BCUT2D eigenvalue weighted by Gasteiger charge is 2.10. The number of hydrogen-bond donors (Lipinski definition) is 0. The molecule has 14 heavy (non-hydrogen) atoms. The minimum atomic E-state index is 0.692. The lowest BCUT2D eigenvalue weighted by Crippen LogP contribution is -1.89. The molecule has 2 rings (SSSR count). The fourth-order valence-corrected chi connectivity index (χ4v) is 2.17. The van der Waals surface area contributed by atoms with E-state index in [9.17, 15) is 4.79 Å². The van der Waals surface area contributed by atoms with Crippen LogP contribution in [-0.2, 0) is 24.1 Å². The highest BCUT2D eigenvalue weighted by Crippen LogP contribution is 2.23. The fraction of sp³-hybridized carbons (Fsp3) is 0.462. The second-order valence-electron chi connectivity index (χ2n) is 4.02. The van der Waals surface area contributed by atoms with Gasteiger partial charge in [-0.25, -0.2) is 0 Å². The molecule has 0 saturated carbocycles. The summed E-state index contributed by atoms with van der Waals surface area (Å²) in [6, 6.07) is 6.81. The van der Waals surface area contributed by atoms with Gasteiger partial charge in [-0.05, 0) is 48.8 Å². The Morgan fingerprint density at radius 3 is 2.93 bits per heavy atom. The first kappa shape index (κ1) is 9.45. The van der Waals surface area contributed by atoms with Crippen molar-refractivity contribution in [2.24, 2.45) is 0 Å². The van der Waals surface area contributed by atoms with E-state index in [1.807, 2.05) is 0 Å². The van der Waals surface area contributed by atoms with Crippen molar-refractivity contribution in [2.45, 2.75) is 38.5 Å². The Bertz CT molecular complexity index is 328. The van der Waals surface area contributed by atoms with Gasteiger partial charge in [0.2, 0.25) is 0 Å². The zero-order valence-corrected chi connectivity index (χ0v) is 8.46. The molecule has 0 amide bonds. The maximum Gasteiger partial charge on any atom is 0.120 e. The number of carbonyl (C=O) groups excluding carboxylic acids is 1. The van der Waals surface area contributed by atoms with E-state index in [1.54, 1.807) is 0 Å². The maximum absolute atomic E-state index is 10.2. The van der Waals surface area contributed by atoms with E-state index in [2.05, 4.69) is 18.2 Å². The highest BCUT2D eigenvalue weighted by atomic mass is 16.1. The molecule has 0 atom stereocenters. The molecule has 0 N–H and O–H groups in total. The Morgan fingerprint density at radius 1 is 1.21 bits per heavy atom. The van der Waals surface area contributed by atoms with Crippen LogP contribution in [0.5, 0.6) is 0 Å². The van der Waals surface area contributed by atoms with Crippen molar-refractivity contribution in [3.05, 3.63) is 34.9 Å². The smallest absolute Gasteiger partial charge is 0.120 e. The molecule has 1 aliphatic carbocycles. The first-order valence-electron chi connectivity index (χ1n) is 5.44. The third-order valence-corrected chi connectivity index (χ3v) is 2.95. The van der Waals surface area contributed by atoms with Gasteiger partial charge in [-0.3, -0.25) is 0 Å². The SMILES string of the molecule is O=CCCCc1ccc2c(c1)CCC2. The summed E-state index contributed by atoms with van der Waals surface area (Å²) in [4.78, 5) is 10.2. The third-order valence-electron chi connectivity index (χ3n) is 2.95. The maximum atomic E-state index is 10.2. The normalized spacial score (nSPS) is 14.0. The Kier molecular flexibility index (Phi) is 2.97. The van der Waals surface area contributed by atoms with Crippen LogP contribution in [-0.4, -0.2) is 6.29 Å². The average molecular weight is 188 g/mol. The van der Waals surface area contributed by atoms with Crippen molar-refractivity contribution in [2.75, 3.05) is 0 Å². The number of rotatable bonds is 4. The van der Waals surface area contributed by atoms with Crippen LogP contribution in [0.25, 0.3) is 0 Å². The predicted octanol–water partition coefficient (Wildman–Crippen LogP) is 2.70. The molecule has 1 heteroatoms. The molecule has 0 spiro atoms. The number of unbranched alkanes of at least 4 members (excludes halogenated alkanes) is 1. The van der Waals surface area contributed by atoms with E-state index in [1.165, 1.54) is 36.0 Å². The predicted molar refractivity (Wildman–Crippen MR) is 57.5 cm³/mol. The van der Waals surface area contributed by atoms with Crippen LogP contribution in [0.3, 0.4) is 0 Å². The van der Waals surface area contributed by atoms with E-state index < -0.39 is 0 Å². The number of fused-ring (bicyclic) bond motifs is 1. The zero-order chi connectivity index (χ0) is 9.80. The van der Waals surface area contributed by atoms with Gasteiger partial charge in [0.15, 0.2) is 0 Å². The fourth-order valence-electron chi connectivity index (χ4n) is 2.17. The van der Waals surface area contributed by atoms with Gasteiger partial charge in [0.1, 0.15) is 6.29 Å². The summed E-state index contributed by atoms with van der Waals surface area (Å²) in [5.41, 5.74) is 4.46. The first-order valence-corrected chi connectivity index (χ1v) is 5.44. The Hall–Kier alpha value is -1.11. The van der Waals surface area contributed by atoms with Crippen LogP contribution in [0.4, 0.5) is 0 Å². The number of aryl methyl sites for hydroxylation is 3. The second-order valence-corrected chi connectivity index (χ2v) is 4.02. The summed E-state index contributed by atoms with van der Waals surface area (Å²) in [6.45, 7) is 0. The summed E-state index contributed by atoms with van der Waals surface area (Å²) >= 11 is 0. The summed E-state index contributed by atoms with van der Waals surface area (Å²) in [5, 5.41) is 0. The van der Waals surface area contributed by atoms with Gasteiger partial charge in [0.05, 0.1) is 0 Å². The molecule has 0 aromatic heterocycles. The molecule has 1 nitrogen and oxygen atoms in total. The molecule has 74 valence electrons. The Labute approximate surface area is 85.1 Å². The number of carbonyl (C=O) groups is 1. The number of benzene rings is 1. The van der Waals surface area contributed by atoms with Crippen molar-refractivity contribution in [1.29, 1.82) is 0 Å². The Morgan fingerprint density at radius 2 is 2.07 bits per heavy atom. The molecule has 0 fully saturated rings. The highest BCUT2D eigenvalue weighted by molar-refractivity contribution is 5.49. The van der Waals surface area contributed by atoms with Crippen LogP contribution in [0.1, 0.15) is 36.0 Å². The quantitative estimate of drug-likeness (QED) is 0.524. The molecule has 1 aliphatic rings. The van der Waals surface area contributed by atoms with Gasteiger partial charge in [-0.15, -0.1) is 0 Å². The average Bonchev–Trinajstić information content (AvgIpc) is 2.65. The molecular formula is C13H16O. The van der Waals surface area contributed by atoms with E-state index >= 15 is 0 Å². The minimum Gasteiger partial charge on any atom is -0.303 e. The van der Waals surface area contributed by atoms with Crippen molar-refractivity contribution >= 4 is 6.29 Å². The minimum absolute atomic E-state index is 0.692. The molecule has 0 heterocycles. The molecule has 0 unspecified atom stereocenters.